The third-order valence-corrected chi connectivity index (χ3v) is 9.64. The maximum Gasteiger partial charge on any atom is 0.322 e. The summed E-state index contributed by atoms with van der Waals surface area (Å²) in [4.78, 5) is 30.9. The van der Waals surface area contributed by atoms with E-state index in [1.807, 2.05) is 84.9 Å². The summed E-state index contributed by atoms with van der Waals surface area (Å²) in [6.45, 7) is 0.329. The lowest BCUT2D eigenvalue weighted by molar-refractivity contribution is -0.142. The Morgan fingerprint density at radius 2 is 1.15 bits per heavy atom. The molecule has 14 heteroatoms. The van der Waals surface area contributed by atoms with Crippen molar-refractivity contribution in [2.24, 2.45) is 4.99 Å². The zero-order valence-corrected chi connectivity index (χ0v) is 29.9. The Kier molecular flexibility index (Phi) is 11.5. The molecule has 1 saturated heterocycles. The molecule has 0 radical (unpaired) electrons. The van der Waals surface area contributed by atoms with Crippen LogP contribution in [0.5, 0.6) is 5.88 Å². The highest BCUT2D eigenvalue weighted by Gasteiger charge is 2.35. The predicted molar refractivity (Wildman–Crippen MR) is 199 cm³/mol. The third-order valence-electron chi connectivity index (χ3n) is 8.36. The molecule has 1 amide bonds. The Hall–Kier alpha value is -5.41. The molecule has 2 aliphatic heterocycles. The molecule has 1 fully saturated rings. The number of amides is 1. The van der Waals surface area contributed by atoms with Crippen molar-refractivity contribution in [2.45, 2.75) is 25.3 Å². The highest BCUT2D eigenvalue weighted by atomic mass is 32.2. The Balaban J connectivity index is 0.000000241. The van der Waals surface area contributed by atoms with E-state index in [1.54, 1.807) is 0 Å². The first kappa shape index (κ1) is 37.8. The maximum atomic E-state index is 12.9. The van der Waals surface area contributed by atoms with Crippen molar-refractivity contribution in [1.82, 2.24) is 9.29 Å². The van der Waals surface area contributed by atoms with Gasteiger partial charge in [0.2, 0.25) is 10.0 Å². The van der Waals surface area contributed by atoms with Crippen LogP contribution in [-0.4, -0.2) is 83.6 Å². The maximum absolute atomic E-state index is 12.9. The van der Waals surface area contributed by atoms with E-state index in [0.717, 1.165) is 56.8 Å². The van der Waals surface area contributed by atoms with Crippen LogP contribution < -0.4 is 0 Å². The number of hydrogen-bond acceptors (Lipinski definition) is 7. The lowest BCUT2D eigenvalue weighted by Gasteiger charge is -2.30. The molecular weight excluding hydrogens is 707 g/mol. The number of aliphatic imine (C=N–C) groups is 1. The number of carboxylic acids is 1. The number of aromatic amines is 1. The number of benzene rings is 4. The standard InChI is InChI=1S/C30H20N2O2.C7H13NO4S.CH4O3S/c33-29-25-26(28(32-29)24-17-13-22(14-18-24)20-9-5-2-6-10-20)30(34)31-27(25)23-15-11-21(12-16-23)19-7-3-1-4-8-19;1-13(11,12)8-5-3-2-4-6(8)7(9)10;1-5(2,3)4/h1-18,31,34H;6H,2-5H2,1H3,(H,9,10);1H3,(H,2,3,4). The minimum Gasteiger partial charge on any atom is -0.494 e. The van der Waals surface area contributed by atoms with Crippen LogP contribution in [0.4, 0.5) is 0 Å². The molecule has 12 nitrogen and oxygen atoms in total. The summed E-state index contributed by atoms with van der Waals surface area (Å²) in [5, 5.41) is 19.5. The highest BCUT2D eigenvalue weighted by Crippen LogP contribution is 2.38. The van der Waals surface area contributed by atoms with Gasteiger partial charge in [-0.25, -0.2) is 13.4 Å². The number of sulfonamides is 1. The molecule has 4 N–H and O–H groups in total. The van der Waals surface area contributed by atoms with Gasteiger partial charge < -0.3 is 15.2 Å². The number of nitrogens with zero attached hydrogens (tertiary/aromatic N) is 2. The van der Waals surface area contributed by atoms with E-state index in [4.69, 9.17) is 9.66 Å². The molecule has 270 valence electrons. The topological polar surface area (TPSA) is 194 Å². The van der Waals surface area contributed by atoms with Crippen LogP contribution in [0.2, 0.25) is 0 Å². The molecule has 52 heavy (non-hydrogen) atoms. The number of piperidine rings is 1. The van der Waals surface area contributed by atoms with E-state index >= 15 is 0 Å². The van der Waals surface area contributed by atoms with E-state index in [2.05, 4.69) is 34.2 Å². The van der Waals surface area contributed by atoms with Crippen LogP contribution in [0, 0.1) is 0 Å². The molecular formula is C38H37N3O9S2. The van der Waals surface area contributed by atoms with Crippen molar-refractivity contribution in [3.63, 3.8) is 0 Å². The van der Waals surface area contributed by atoms with Crippen LogP contribution in [0.3, 0.4) is 0 Å². The van der Waals surface area contributed by atoms with E-state index < -0.39 is 32.2 Å². The average molecular weight is 744 g/mol. The quantitative estimate of drug-likeness (QED) is 0.149. The van der Waals surface area contributed by atoms with Gasteiger partial charge in [0.1, 0.15) is 6.04 Å². The van der Waals surface area contributed by atoms with Crippen molar-refractivity contribution in [1.29, 1.82) is 0 Å². The first-order valence-electron chi connectivity index (χ1n) is 16.1. The summed E-state index contributed by atoms with van der Waals surface area (Å²) in [6, 6.07) is 35.1. The minimum atomic E-state index is -3.67. The monoisotopic (exact) mass is 743 g/mol. The molecule has 1 atom stereocenters. The lowest BCUT2D eigenvalue weighted by atomic mass is 9.97. The van der Waals surface area contributed by atoms with Crippen LogP contribution in [0.1, 0.15) is 40.7 Å². The Morgan fingerprint density at radius 1 is 0.712 bits per heavy atom. The molecule has 3 heterocycles. The second kappa shape index (κ2) is 15.9. The van der Waals surface area contributed by atoms with Crippen LogP contribution in [0.15, 0.2) is 114 Å². The molecule has 2 aliphatic rings. The number of aromatic hydroxyl groups is 1. The van der Waals surface area contributed by atoms with Gasteiger partial charge in [-0.3, -0.25) is 14.1 Å². The molecule has 4 aromatic carbocycles. The molecule has 0 bridgehead atoms. The van der Waals surface area contributed by atoms with E-state index in [9.17, 15) is 31.5 Å². The number of rotatable bonds is 6. The van der Waals surface area contributed by atoms with Crippen molar-refractivity contribution >= 4 is 37.7 Å². The summed E-state index contributed by atoms with van der Waals surface area (Å²) < 4.78 is 49.3. The Bertz CT molecular complexity index is 2300. The molecule has 1 aromatic heterocycles. The fraction of sp³-hybridized carbons (Fsp3) is 0.184. The predicted octanol–water partition coefficient (Wildman–Crippen LogP) is 6.10. The summed E-state index contributed by atoms with van der Waals surface area (Å²) >= 11 is 0. The number of nitrogens with one attached hydrogen (secondary N) is 1. The van der Waals surface area contributed by atoms with Crippen molar-refractivity contribution in [3.05, 3.63) is 126 Å². The second-order valence-electron chi connectivity index (χ2n) is 12.2. The molecule has 0 aliphatic carbocycles. The third kappa shape index (κ3) is 9.27. The zero-order chi connectivity index (χ0) is 37.6. The van der Waals surface area contributed by atoms with Gasteiger partial charge in [-0.15, -0.1) is 0 Å². The number of carboxylic acid groups (broad SMARTS) is 1. The lowest BCUT2D eigenvalue weighted by Crippen LogP contribution is -2.47. The normalized spacial score (nSPS) is 15.7. The molecule has 1 unspecified atom stereocenters. The number of hydrogen-bond donors (Lipinski definition) is 4. The average Bonchev–Trinajstić information content (AvgIpc) is 3.65. The fourth-order valence-corrected chi connectivity index (χ4v) is 7.15. The molecule has 7 rings (SSSR count). The highest BCUT2D eigenvalue weighted by molar-refractivity contribution is 7.88. The SMILES string of the molecule is CS(=O)(=O)N1CCCCC1C(=O)O.CS(=O)(=O)O.O=C1N=C(c2ccc(-c3ccccc3)cc2)c2c(O)[nH]c(-c3ccc(-c4ccccc4)cc3)c21. The van der Waals surface area contributed by atoms with Gasteiger partial charge in [-0.2, -0.15) is 12.7 Å². The first-order chi connectivity index (χ1) is 24.6. The van der Waals surface area contributed by atoms with Gasteiger partial charge in [0.15, 0.2) is 5.88 Å². The number of aliphatic carboxylic acids is 1. The number of aromatic nitrogens is 1. The number of H-pyrrole nitrogens is 1. The van der Waals surface area contributed by atoms with E-state index in [0.29, 0.717) is 41.8 Å². The summed E-state index contributed by atoms with van der Waals surface area (Å²) in [7, 11) is -7.03. The van der Waals surface area contributed by atoms with Crippen LogP contribution in [0.25, 0.3) is 33.5 Å². The summed E-state index contributed by atoms with van der Waals surface area (Å²) in [6.07, 6.45) is 3.71. The van der Waals surface area contributed by atoms with Crippen LogP contribution in [-0.2, 0) is 24.9 Å². The first-order valence-corrected chi connectivity index (χ1v) is 19.8. The van der Waals surface area contributed by atoms with Gasteiger partial charge in [0.05, 0.1) is 35.0 Å². The Morgan fingerprint density at radius 3 is 1.60 bits per heavy atom. The van der Waals surface area contributed by atoms with E-state index in [1.165, 1.54) is 0 Å². The number of carbonyl (C=O) groups excluding carboxylic acids is 1. The Labute approximate surface area is 301 Å². The molecule has 0 spiro atoms. The minimum absolute atomic E-state index is 0.0473. The van der Waals surface area contributed by atoms with Crippen molar-refractivity contribution < 1.29 is 41.2 Å². The van der Waals surface area contributed by atoms with Gasteiger partial charge in [0.25, 0.3) is 16.0 Å². The second-order valence-corrected chi connectivity index (χ2v) is 15.6. The summed E-state index contributed by atoms with van der Waals surface area (Å²) in [5.74, 6) is -1.45. The van der Waals surface area contributed by atoms with Crippen molar-refractivity contribution in [3.8, 4) is 39.4 Å². The van der Waals surface area contributed by atoms with Gasteiger partial charge in [-0.05, 0) is 47.1 Å². The van der Waals surface area contributed by atoms with Gasteiger partial charge in [-0.1, -0.05) is 109 Å². The fourth-order valence-electron chi connectivity index (χ4n) is 6.03. The number of fused-ring (bicyclic) bond motifs is 1. The summed E-state index contributed by atoms with van der Waals surface area (Å²) in [5.41, 5.74) is 7.93. The molecule has 5 aromatic rings. The molecule has 0 saturated carbocycles. The number of carbonyl (C=O) groups is 2. The zero-order valence-electron chi connectivity index (χ0n) is 28.3. The largest absolute Gasteiger partial charge is 0.494 e. The van der Waals surface area contributed by atoms with Crippen LogP contribution >= 0.6 is 0 Å². The van der Waals surface area contributed by atoms with Crippen molar-refractivity contribution in [2.75, 3.05) is 19.1 Å². The smallest absolute Gasteiger partial charge is 0.322 e. The van der Waals surface area contributed by atoms with E-state index in [-0.39, 0.29) is 11.8 Å². The van der Waals surface area contributed by atoms with Gasteiger partial charge >= 0.3 is 5.97 Å². The van der Waals surface area contributed by atoms with Gasteiger partial charge in [0, 0.05) is 12.1 Å².